The average Bonchev–Trinajstić information content (AvgIpc) is 2.52. The van der Waals surface area contributed by atoms with Gasteiger partial charge in [0.1, 0.15) is 0 Å². The Morgan fingerprint density at radius 1 is 1.18 bits per heavy atom. The number of aryl methyl sites for hydroxylation is 1. The van der Waals surface area contributed by atoms with Crippen molar-refractivity contribution < 1.29 is 0 Å². The van der Waals surface area contributed by atoms with Crippen LogP contribution in [0.2, 0.25) is 0 Å². The number of likely N-dealkylation sites (N-methyl/N-ethyl adjacent to an activating group) is 1. The molecule has 1 rings (SSSR count). The van der Waals surface area contributed by atoms with Crippen LogP contribution in [0.5, 0.6) is 0 Å². The van der Waals surface area contributed by atoms with E-state index in [1.54, 1.807) is 0 Å². The van der Waals surface area contributed by atoms with Gasteiger partial charge in [-0.15, -0.1) is 0 Å². The van der Waals surface area contributed by atoms with Gasteiger partial charge < -0.3 is 4.90 Å². The van der Waals surface area contributed by atoms with Crippen LogP contribution in [0.15, 0.2) is 54.3 Å². The van der Waals surface area contributed by atoms with E-state index in [0.717, 1.165) is 18.5 Å². The van der Waals surface area contributed by atoms with Crippen molar-refractivity contribution in [1.29, 1.82) is 0 Å². The van der Waals surface area contributed by atoms with Gasteiger partial charge in [-0.05, 0) is 49.5 Å². The van der Waals surface area contributed by atoms with Crippen LogP contribution >= 0.6 is 0 Å². The third-order valence-corrected chi connectivity index (χ3v) is 3.92. The van der Waals surface area contributed by atoms with E-state index in [1.165, 1.54) is 35.2 Å². The number of nitrogens with zero attached hydrogens (tertiary/aromatic N) is 1. The Bertz CT molecular complexity index is 545. The van der Waals surface area contributed by atoms with Crippen molar-refractivity contribution in [3.8, 4) is 0 Å². The fraction of sp³-hybridized carbons (Fsp3) is 0.429. The molecular formula is C21H31N. The Hall–Kier alpha value is -1.76. The molecule has 0 aliphatic heterocycles. The predicted octanol–water partition coefficient (Wildman–Crippen LogP) is 5.84. The van der Waals surface area contributed by atoms with Crippen molar-refractivity contribution in [3.05, 3.63) is 65.4 Å². The van der Waals surface area contributed by atoms with Crippen LogP contribution < -0.4 is 0 Å². The van der Waals surface area contributed by atoms with Crippen molar-refractivity contribution in [1.82, 2.24) is 4.90 Å². The molecule has 0 bridgehead atoms. The quantitative estimate of drug-likeness (QED) is 0.544. The van der Waals surface area contributed by atoms with E-state index < -0.39 is 0 Å². The lowest BCUT2D eigenvalue weighted by molar-refractivity contribution is 0.414. The van der Waals surface area contributed by atoms with E-state index in [1.807, 2.05) is 0 Å². The van der Waals surface area contributed by atoms with E-state index >= 15 is 0 Å². The SMILES string of the molecule is C=C(/C=C\C(=C(C)C)N(C)CCCC)c1cccc(CC)c1. The first-order valence-corrected chi connectivity index (χ1v) is 8.34. The van der Waals surface area contributed by atoms with Crippen molar-refractivity contribution in [2.75, 3.05) is 13.6 Å². The number of rotatable bonds is 8. The van der Waals surface area contributed by atoms with Gasteiger partial charge in [0.25, 0.3) is 0 Å². The minimum Gasteiger partial charge on any atom is -0.375 e. The molecule has 0 aliphatic carbocycles. The fourth-order valence-corrected chi connectivity index (χ4v) is 2.46. The van der Waals surface area contributed by atoms with E-state index in [-0.39, 0.29) is 0 Å². The summed E-state index contributed by atoms with van der Waals surface area (Å²) in [6.45, 7) is 14.1. The van der Waals surface area contributed by atoms with Gasteiger partial charge in [0.15, 0.2) is 0 Å². The van der Waals surface area contributed by atoms with Crippen molar-refractivity contribution >= 4 is 5.57 Å². The molecule has 0 atom stereocenters. The van der Waals surface area contributed by atoms with Crippen LogP contribution in [-0.2, 0) is 6.42 Å². The second kappa shape index (κ2) is 9.30. The lowest BCUT2D eigenvalue weighted by atomic mass is 10.0. The van der Waals surface area contributed by atoms with E-state index in [9.17, 15) is 0 Å². The highest BCUT2D eigenvalue weighted by Crippen LogP contribution is 2.18. The molecule has 0 saturated heterocycles. The molecule has 0 radical (unpaired) electrons. The average molecular weight is 297 g/mol. The van der Waals surface area contributed by atoms with Crippen LogP contribution in [0.25, 0.3) is 5.57 Å². The van der Waals surface area contributed by atoms with Gasteiger partial charge in [-0.1, -0.05) is 62.8 Å². The Morgan fingerprint density at radius 3 is 2.50 bits per heavy atom. The summed E-state index contributed by atoms with van der Waals surface area (Å²) in [6, 6.07) is 8.65. The molecule has 0 aromatic heterocycles. The smallest absolute Gasteiger partial charge is 0.0350 e. The van der Waals surface area contributed by atoms with Crippen LogP contribution in [0.4, 0.5) is 0 Å². The predicted molar refractivity (Wildman–Crippen MR) is 99.9 cm³/mol. The summed E-state index contributed by atoms with van der Waals surface area (Å²) >= 11 is 0. The minimum atomic E-state index is 1.06. The third-order valence-electron chi connectivity index (χ3n) is 3.92. The second-order valence-corrected chi connectivity index (χ2v) is 6.07. The molecule has 0 aliphatic rings. The molecule has 1 nitrogen and oxygen atoms in total. The topological polar surface area (TPSA) is 3.24 Å². The zero-order chi connectivity index (χ0) is 16.5. The Kier molecular flexibility index (Phi) is 7.73. The summed E-state index contributed by atoms with van der Waals surface area (Å²) in [6.07, 6.45) is 7.84. The molecule has 1 aromatic rings. The molecule has 0 amide bonds. The fourth-order valence-electron chi connectivity index (χ4n) is 2.46. The molecular weight excluding hydrogens is 266 g/mol. The van der Waals surface area contributed by atoms with Crippen molar-refractivity contribution in [3.63, 3.8) is 0 Å². The summed E-state index contributed by atoms with van der Waals surface area (Å²) in [5.74, 6) is 0. The summed E-state index contributed by atoms with van der Waals surface area (Å²) in [7, 11) is 2.17. The van der Waals surface area contributed by atoms with Gasteiger partial charge in [-0.3, -0.25) is 0 Å². The molecule has 0 heterocycles. The standard InChI is InChI=1S/C21H31N/c1-7-9-15-22(6)21(17(3)4)14-13-18(5)20-12-10-11-19(8-2)16-20/h10-14,16H,5,7-9,15H2,1-4,6H3/b14-13-. The summed E-state index contributed by atoms with van der Waals surface area (Å²) in [5, 5.41) is 0. The Labute approximate surface area is 137 Å². The first kappa shape index (κ1) is 18.3. The highest BCUT2D eigenvalue weighted by atomic mass is 15.1. The van der Waals surface area contributed by atoms with E-state index in [0.29, 0.717) is 0 Å². The number of hydrogen-bond acceptors (Lipinski definition) is 1. The zero-order valence-electron chi connectivity index (χ0n) is 14.9. The molecule has 1 heteroatoms. The van der Waals surface area contributed by atoms with Crippen LogP contribution in [0, 0.1) is 0 Å². The molecule has 120 valence electrons. The zero-order valence-corrected chi connectivity index (χ0v) is 14.9. The summed E-state index contributed by atoms with van der Waals surface area (Å²) in [4.78, 5) is 2.34. The molecule has 0 fully saturated rings. The molecule has 0 spiro atoms. The molecule has 0 unspecified atom stereocenters. The lowest BCUT2D eigenvalue weighted by Crippen LogP contribution is -2.18. The maximum Gasteiger partial charge on any atom is 0.0350 e. The molecule has 1 aromatic carbocycles. The van der Waals surface area contributed by atoms with Gasteiger partial charge in [0.05, 0.1) is 0 Å². The van der Waals surface area contributed by atoms with E-state index in [4.69, 9.17) is 0 Å². The van der Waals surface area contributed by atoms with E-state index in [2.05, 4.69) is 82.6 Å². The second-order valence-electron chi connectivity index (χ2n) is 6.07. The Balaban J connectivity index is 2.87. The number of unbranched alkanes of at least 4 members (excludes halogenated alkanes) is 1. The normalized spacial score (nSPS) is 10.8. The maximum absolute atomic E-state index is 4.23. The first-order chi connectivity index (χ1) is 10.5. The first-order valence-electron chi connectivity index (χ1n) is 8.34. The minimum absolute atomic E-state index is 1.06. The van der Waals surface area contributed by atoms with Crippen LogP contribution in [-0.4, -0.2) is 18.5 Å². The lowest BCUT2D eigenvalue weighted by Gasteiger charge is -2.22. The summed E-state index contributed by atoms with van der Waals surface area (Å²) in [5.41, 5.74) is 6.26. The number of allylic oxidation sites excluding steroid dienone is 4. The molecule has 22 heavy (non-hydrogen) atoms. The van der Waals surface area contributed by atoms with Crippen molar-refractivity contribution in [2.24, 2.45) is 0 Å². The molecule has 0 saturated carbocycles. The highest BCUT2D eigenvalue weighted by Gasteiger charge is 2.03. The highest BCUT2D eigenvalue weighted by molar-refractivity contribution is 5.72. The van der Waals surface area contributed by atoms with Gasteiger partial charge in [0, 0.05) is 19.3 Å². The number of hydrogen-bond donors (Lipinski definition) is 0. The monoisotopic (exact) mass is 297 g/mol. The number of benzene rings is 1. The third kappa shape index (κ3) is 5.55. The maximum atomic E-state index is 4.23. The molecule has 0 N–H and O–H groups in total. The van der Waals surface area contributed by atoms with Crippen molar-refractivity contribution in [2.45, 2.75) is 47.0 Å². The summed E-state index contributed by atoms with van der Waals surface area (Å²) < 4.78 is 0. The van der Waals surface area contributed by atoms with Crippen LogP contribution in [0.1, 0.15) is 51.7 Å². The van der Waals surface area contributed by atoms with Gasteiger partial charge in [-0.25, -0.2) is 0 Å². The van der Waals surface area contributed by atoms with Gasteiger partial charge >= 0.3 is 0 Å². The van der Waals surface area contributed by atoms with Gasteiger partial charge in [0.2, 0.25) is 0 Å². The van der Waals surface area contributed by atoms with Crippen LogP contribution in [0.3, 0.4) is 0 Å². The largest absolute Gasteiger partial charge is 0.375 e. The Morgan fingerprint density at radius 2 is 1.91 bits per heavy atom. The van der Waals surface area contributed by atoms with Gasteiger partial charge in [-0.2, -0.15) is 0 Å².